The molecule has 1 amide bonds. The van der Waals surface area contributed by atoms with Gasteiger partial charge in [0.15, 0.2) is 0 Å². The normalized spacial score (nSPS) is 15.1. The molecule has 1 rings (SSSR count). The topological polar surface area (TPSA) is 114 Å². The second-order valence-corrected chi connectivity index (χ2v) is 4.02. The highest BCUT2D eigenvalue weighted by Gasteiger charge is 2.18. The molecule has 0 heterocycles. The molecule has 98 valence electrons. The zero-order valence-corrected chi connectivity index (χ0v) is 10.2. The van der Waals surface area contributed by atoms with E-state index in [0.717, 1.165) is 5.56 Å². The molecule has 18 heavy (non-hydrogen) atoms. The van der Waals surface area contributed by atoms with Gasteiger partial charge in [0.2, 0.25) is 5.91 Å². The van der Waals surface area contributed by atoms with Crippen molar-refractivity contribution in [3.63, 3.8) is 0 Å². The summed E-state index contributed by atoms with van der Waals surface area (Å²) in [7, 11) is 0. The van der Waals surface area contributed by atoms with Crippen LogP contribution in [-0.4, -0.2) is 29.5 Å². The van der Waals surface area contributed by atoms with Crippen LogP contribution in [0.3, 0.4) is 0 Å². The van der Waals surface area contributed by atoms with E-state index in [1.807, 2.05) is 30.3 Å². The maximum absolute atomic E-state index is 10.9. The fourth-order valence-electron chi connectivity index (χ4n) is 1.54. The van der Waals surface area contributed by atoms with Crippen molar-refractivity contribution >= 4 is 11.7 Å². The van der Waals surface area contributed by atoms with Crippen LogP contribution in [0.25, 0.3) is 0 Å². The van der Waals surface area contributed by atoms with E-state index < -0.39 is 11.9 Å². The lowest BCUT2D eigenvalue weighted by atomic mass is 9.98. The summed E-state index contributed by atoms with van der Waals surface area (Å²) in [4.78, 5) is 10.9. The van der Waals surface area contributed by atoms with Gasteiger partial charge in [-0.25, -0.2) is 0 Å². The minimum absolute atomic E-state index is 0.0883. The average molecular weight is 250 g/mol. The van der Waals surface area contributed by atoms with E-state index in [0.29, 0.717) is 6.54 Å². The minimum Gasteiger partial charge on any atom is -0.409 e. The molecule has 1 aromatic carbocycles. The van der Waals surface area contributed by atoms with Gasteiger partial charge >= 0.3 is 0 Å². The van der Waals surface area contributed by atoms with E-state index in [4.69, 9.17) is 16.7 Å². The molecule has 0 spiro atoms. The Labute approximate surface area is 106 Å². The number of amidine groups is 1. The number of oxime groups is 1. The van der Waals surface area contributed by atoms with Crippen LogP contribution in [0.1, 0.15) is 18.4 Å². The standard InChI is InChI=1S/C12H18N4O2/c1-8(12(14)17)15-7-10(11(13)16-18)9-5-3-2-4-6-9/h2-6,8,10,15,18H,7H2,1H3,(H2,13,16)(H2,14,17). The van der Waals surface area contributed by atoms with Gasteiger partial charge in [0.25, 0.3) is 0 Å². The number of hydrogen-bond donors (Lipinski definition) is 4. The highest BCUT2D eigenvalue weighted by Crippen LogP contribution is 2.14. The van der Waals surface area contributed by atoms with Crippen LogP contribution in [0.5, 0.6) is 0 Å². The fourth-order valence-corrected chi connectivity index (χ4v) is 1.54. The van der Waals surface area contributed by atoms with Crippen molar-refractivity contribution in [2.45, 2.75) is 18.9 Å². The highest BCUT2D eigenvalue weighted by atomic mass is 16.4. The molecule has 6 heteroatoms. The third-order valence-corrected chi connectivity index (χ3v) is 2.73. The summed E-state index contributed by atoms with van der Waals surface area (Å²) in [6.45, 7) is 2.03. The first-order valence-corrected chi connectivity index (χ1v) is 5.61. The molecule has 6 N–H and O–H groups in total. The van der Waals surface area contributed by atoms with Gasteiger partial charge in [0.05, 0.1) is 12.0 Å². The number of carbonyl (C=O) groups is 1. The predicted molar refractivity (Wildman–Crippen MR) is 69.3 cm³/mol. The van der Waals surface area contributed by atoms with Crippen LogP contribution < -0.4 is 16.8 Å². The molecule has 1 aromatic rings. The zero-order valence-electron chi connectivity index (χ0n) is 10.2. The van der Waals surface area contributed by atoms with E-state index in [9.17, 15) is 4.79 Å². The molecule has 0 aliphatic rings. The van der Waals surface area contributed by atoms with Crippen molar-refractivity contribution in [1.29, 1.82) is 0 Å². The predicted octanol–water partition coefficient (Wildman–Crippen LogP) is -0.0200. The van der Waals surface area contributed by atoms with Gasteiger partial charge in [-0.15, -0.1) is 0 Å². The van der Waals surface area contributed by atoms with Crippen LogP contribution in [-0.2, 0) is 4.79 Å². The number of rotatable bonds is 6. The zero-order chi connectivity index (χ0) is 13.5. The average Bonchev–Trinajstić information content (AvgIpc) is 2.39. The number of benzene rings is 1. The number of hydrogen-bond acceptors (Lipinski definition) is 4. The van der Waals surface area contributed by atoms with Crippen molar-refractivity contribution in [2.24, 2.45) is 16.6 Å². The van der Waals surface area contributed by atoms with Crippen LogP contribution in [0.2, 0.25) is 0 Å². The summed E-state index contributed by atoms with van der Waals surface area (Å²) >= 11 is 0. The monoisotopic (exact) mass is 250 g/mol. The summed E-state index contributed by atoms with van der Waals surface area (Å²) in [5.74, 6) is -0.662. The molecule has 0 aromatic heterocycles. The van der Waals surface area contributed by atoms with E-state index in [2.05, 4.69) is 10.5 Å². The molecular formula is C12H18N4O2. The lowest BCUT2D eigenvalue weighted by Gasteiger charge is -2.18. The molecule has 0 saturated carbocycles. The van der Waals surface area contributed by atoms with Crippen molar-refractivity contribution in [1.82, 2.24) is 5.32 Å². The van der Waals surface area contributed by atoms with Gasteiger partial charge in [-0.1, -0.05) is 35.5 Å². The Kier molecular flexibility index (Phi) is 5.13. The van der Waals surface area contributed by atoms with Crippen LogP contribution in [0.4, 0.5) is 0 Å². The fraction of sp³-hybridized carbons (Fsp3) is 0.333. The number of nitrogens with zero attached hydrogens (tertiary/aromatic N) is 1. The number of carbonyl (C=O) groups excluding carboxylic acids is 1. The maximum Gasteiger partial charge on any atom is 0.234 e. The van der Waals surface area contributed by atoms with Gasteiger partial charge in [0, 0.05) is 6.54 Å². The summed E-state index contributed by atoms with van der Waals surface area (Å²) < 4.78 is 0. The molecule has 2 atom stereocenters. The second-order valence-electron chi connectivity index (χ2n) is 4.02. The molecule has 6 nitrogen and oxygen atoms in total. The summed E-state index contributed by atoms with van der Waals surface area (Å²) in [6, 6.07) is 8.89. The number of nitrogens with two attached hydrogens (primary N) is 2. The number of primary amides is 1. The Hall–Kier alpha value is -2.08. The van der Waals surface area contributed by atoms with Gasteiger partial charge in [-0.3, -0.25) is 4.79 Å². The first-order valence-electron chi connectivity index (χ1n) is 5.61. The van der Waals surface area contributed by atoms with Crippen LogP contribution in [0, 0.1) is 0 Å². The maximum atomic E-state index is 10.9. The van der Waals surface area contributed by atoms with Gasteiger partial charge < -0.3 is 22.0 Å². The van der Waals surface area contributed by atoms with Crippen molar-refractivity contribution in [3.05, 3.63) is 35.9 Å². The Bertz CT molecular complexity index is 419. The lowest BCUT2D eigenvalue weighted by Crippen LogP contribution is -2.42. The number of nitrogens with one attached hydrogen (secondary N) is 1. The molecule has 0 aliphatic heterocycles. The Morgan fingerprint density at radius 1 is 1.39 bits per heavy atom. The smallest absolute Gasteiger partial charge is 0.234 e. The van der Waals surface area contributed by atoms with Gasteiger partial charge in [0.1, 0.15) is 5.84 Å². The van der Waals surface area contributed by atoms with E-state index in [-0.39, 0.29) is 11.8 Å². The highest BCUT2D eigenvalue weighted by molar-refractivity contribution is 5.87. The molecule has 0 saturated heterocycles. The second kappa shape index (κ2) is 6.61. The van der Waals surface area contributed by atoms with Crippen LogP contribution >= 0.6 is 0 Å². The summed E-state index contributed by atoms with van der Waals surface area (Å²) in [6.07, 6.45) is 0. The molecular weight excluding hydrogens is 232 g/mol. The first kappa shape index (κ1) is 14.0. The first-order chi connectivity index (χ1) is 8.56. The summed E-state index contributed by atoms with van der Waals surface area (Å²) in [5.41, 5.74) is 11.7. The van der Waals surface area contributed by atoms with E-state index in [1.54, 1.807) is 6.92 Å². The van der Waals surface area contributed by atoms with E-state index in [1.165, 1.54) is 0 Å². The third-order valence-electron chi connectivity index (χ3n) is 2.73. The minimum atomic E-state index is -0.470. The Morgan fingerprint density at radius 2 is 2.00 bits per heavy atom. The molecule has 0 aliphatic carbocycles. The largest absolute Gasteiger partial charge is 0.409 e. The molecule has 0 fully saturated rings. The molecule has 0 radical (unpaired) electrons. The lowest BCUT2D eigenvalue weighted by molar-refractivity contribution is -0.119. The van der Waals surface area contributed by atoms with Crippen molar-refractivity contribution in [2.75, 3.05) is 6.54 Å². The van der Waals surface area contributed by atoms with Crippen molar-refractivity contribution < 1.29 is 10.0 Å². The SMILES string of the molecule is CC(NCC(/C(N)=N/O)c1ccccc1)C(N)=O. The number of amides is 1. The molecule has 2 unspecified atom stereocenters. The molecule has 0 bridgehead atoms. The van der Waals surface area contributed by atoms with Crippen molar-refractivity contribution in [3.8, 4) is 0 Å². The quantitative estimate of drug-likeness (QED) is 0.246. The Balaban J connectivity index is 2.78. The van der Waals surface area contributed by atoms with Gasteiger partial charge in [-0.2, -0.15) is 0 Å². The third kappa shape index (κ3) is 3.74. The Morgan fingerprint density at radius 3 is 2.50 bits per heavy atom. The van der Waals surface area contributed by atoms with E-state index >= 15 is 0 Å². The summed E-state index contributed by atoms with van der Waals surface area (Å²) in [5, 5.41) is 14.8. The van der Waals surface area contributed by atoms with Crippen LogP contribution in [0.15, 0.2) is 35.5 Å². The van der Waals surface area contributed by atoms with Gasteiger partial charge in [-0.05, 0) is 12.5 Å².